The van der Waals surface area contributed by atoms with Gasteiger partial charge in [0.05, 0.1) is 22.9 Å². The third-order valence-corrected chi connectivity index (χ3v) is 6.61. The van der Waals surface area contributed by atoms with Crippen LogP contribution < -0.4 is 0 Å². The van der Waals surface area contributed by atoms with Crippen molar-refractivity contribution in [3.8, 4) is 5.82 Å². The Morgan fingerprint density at radius 2 is 2.06 bits per heavy atom. The lowest BCUT2D eigenvalue weighted by atomic mass is 10.0. The van der Waals surface area contributed by atoms with Gasteiger partial charge in [-0.2, -0.15) is 5.10 Å². The molecule has 158 valence electrons. The number of halogens is 1. The smallest absolute Gasteiger partial charge is 0.273 e. The molecule has 4 aromatic heterocycles. The zero-order chi connectivity index (χ0) is 21.7. The van der Waals surface area contributed by atoms with Crippen molar-refractivity contribution in [2.45, 2.75) is 12.5 Å². The number of para-hydroxylation sites is 1. The number of benzene rings is 1. The van der Waals surface area contributed by atoms with Crippen molar-refractivity contribution in [3.05, 3.63) is 89.1 Å². The molecule has 32 heavy (non-hydrogen) atoms. The van der Waals surface area contributed by atoms with Crippen molar-refractivity contribution in [2.24, 2.45) is 0 Å². The maximum absolute atomic E-state index is 14.3. The molecule has 1 N–H and O–H groups in total. The second-order valence-electron chi connectivity index (χ2n) is 7.37. The molecular formula is C22H16FN7OS. The number of imidazole rings is 1. The number of aromatic amines is 1. The van der Waals surface area contributed by atoms with Gasteiger partial charge in [0.1, 0.15) is 28.1 Å². The molecule has 1 aliphatic heterocycles. The van der Waals surface area contributed by atoms with Gasteiger partial charge in [0, 0.05) is 24.9 Å². The average molecular weight is 445 g/mol. The third kappa shape index (κ3) is 2.91. The standard InChI is InChI=1S/C22H16FN7OS/c23-13-4-3-5-16-18(13)28-21(32-16)20-19-14(25-12-26-19)8-11-29(20)22(31)15-7-10-27-30(15)17-6-1-2-9-24-17/h1-7,9-10,12,20H,8,11H2,(H,25,26)/t20-/m0/s1. The van der Waals surface area contributed by atoms with Crippen LogP contribution in [0.5, 0.6) is 0 Å². The van der Waals surface area contributed by atoms with Crippen molar-refractivity contribution in [1.29, 1.82) is 0 Å². The Balaban J connectivity index is 1.46. The van der Waals surface area contributed by atoms with Crippen molar-refractivity contribution >= 4 is 27.5 Å². The lowest BCUT2D eigenvalue weighted by molar-refractivity contribution is 0.0681. The van der Waals surface area contributed by atoms with E-state index in [1.54, 1.807) is 47.9 Å². The molecule has 6 rings (SSSR count). The topological polar surface area (TPSA) is 92.6 Å². The number of fused-ring (bicyclic) bond motifs is 2. The number of H-pyrrole nitrogens is 1. The fourth-order valence-corrected chi connectivity index (χ4v) is 5.17. The van der Waals surface area contributed by atoms with Crippen molar-refractivity contribution in [2.75, 3.05) is 6.54 Å². The molecule has 5 aromatic rings. The molecule has 10 heteroatoms. The van der Waals surface area contributed by atoms with Gasteiger partial charge >= 0.3 is 0 Å². The van der Waals surface area contributed by atoms with Gasteiger partial charge in [-0.05, 0) is 30.3 Å². The summed E-state index contributed by atoms with van der Waals surface area (Å²) in [6.07, 6.45) is 5.49. The molecule has 0 bridgehead atoms. The van der Waals surface area contributed by atoms with Crippen LogP contribution in [-0.2, 0) is 6.42 Å². The van der Waals surface area contributed by atoms with Gasteiger partial charge in [-0.15, -0.1) is 11.3 Å². The molecular weight excluding hydrogens is 429 g/mol. The highest BCUT2D eigenvalue weighted by Crippen LogP contribution is 2.38. The lowest BCUT2D eigenvalue weighted by Crippen LogP contribution is -2.41. The number of pyridine rings is 1. The van der Waals surface area contributed by atoms with Gasteiger partial charge in [0.15, 0.2) is 5.82 Å². The Hall–Kier alpha value is -3.92. The Morgan fingerprint density at radius 1 is 1.12 bits per heavy atom. The van der Waals surface area contributed by atoms with E-state index in [9.17, 15) is 9.18 Å². The van der Waals surface area contributed by atoms with Gasteiger partial charge in [-0.25, -0.2) is 24.0 Å². The van der Waals surface area contributed by atoms with E-state index in [1.165, 1.54) is 22.1 Å². The van der Waals surface area contributed by atoms with Crippen molar-refractivity contribution in [3.63, 3.8) is 0 Å². The highest BCUT2D eigenvalue weighted by Gasteiger charge is 2.37. The summed E-state index contributed by atoms with van der Waals surface area (Å²) in [5.41, 5.74) is 2.38. The maximum atomic E-state index is 14.3. The van der Waals surface area contributed by atoms with E-state index in [4.69, 9.17) is 0 Å². The number of hydrogen-bond donors (Lipinski definition) is 1. The van der Waals surface area contributed by atoms with E-state index in [1.807, 2.05) is 12.1 Å². The largest absolute Gasteiger partial charge is 0.348 e. The first kappa shape index (κ1) is 18.8. The predicted molar refractivity (Wildman–Crippen MR) is 116 cm³/mol. The first-order chi connectivity index (χ1) is 15.7. The minimum absolute atomic E-state index is 0.216. The Kier molecular flexibility index (Phi) is 4.32. The van der Waals surface area contributed by atoms with Crippen LogP contribution in [0.2, 0.25) is 0 Å². The van der Waals surface area contributed by atoms with Crippen LogP contribution in [-0.4, -0.2) is 47.1 Å². The number of carbonyl (C=O) groups is 1. The van der Waals surface area contributed by atoms with Crippen LogP contribution in [0.1, 0.15) is 32.9 Å². The van der Waals surface area contributed by atoms with Gasteiger partial charge in [0.25, 0.3) is 5.91 Å². The van der Waals surface area contributed by atoms with E-state index < -0.39 is 6.04 Å². The van der Waals surface area contributed by atoms with Crippen LogP contribution in [0, 0.1) is 5.82 Å². The quantitative estimate of drug-likeness (QED) is 0.459. The Morgan fingerprint density at radius 3 is 2.91 bits per heavy atom. The second kappa shape index (κ2) is 7.34. The molecule has 0 spiro atoms. The minimum atomic E-state index is -0.526. The molecule has 5 heterocycles. The molecule has 0 unspecified atom stereocenters. The highest BCUT2D eigenvalue weighted by molar-refractivity contribution is 7.18. The van der Waals surface area contributed by atoms with E-state index in [-0.39, 0.29) is 11.7 Å². The van der Waals surface area contributed by atoms with E-state index in [2.05, 4.69) is 25.0 Å². The first-order valence-electron chi connectivity index (χ1n) is 10.0. The van der Waals surface area contributed by atoms with E-state index in [0.717, 1.165) is 16.1 Å². The molecule has 1 aromatic carbocycles. The molecule has 1 atom stereocenters. The zero-order valence-corrected chi connectivity index (χ0v) is 17.5. The normalized spacial score (nSPS) is 15.8. The minimum Gasteiger partial charge on any atom is -0.348 e. The number of rotatable bonds is 3. The molecule has 0 radical (unpaired) electrons. The van der Waals surface area contributed by atoms with Gasteiger partial charge < -0.3 is 9.88 Å². The summed E-state index contributed by atoms with van der Waals surface area (Å²) in [4.78, 5) is 32.0. The summed E-state index contributed by atoms with van der Waals surface area (Å²) < 4.78 is 16.6. The summed E-state index contributed by atoms with van der Waals surface area (Å²) >= 11 is 1.37. The van der Waals surface area contributed by atoms with Crippen molar-refractivity contribution < 1.29 is 9.18 Å². The fourth-order valence-electron chi connectivity index (χ4n) is 4.07. The number of carbonyl (C=O) groups excluding carboxylic acids is 1. The van der Waals surface area contributed by atoms with E-state index >= 15 is 0 Å². The summed E-state index contributed by atoms with van der Waals surface area (Å²) in [6.45, 7) is 0.463. The van der Waals surface area contributed by atoms with Crippen molar-refractivity contribution in [1.82, 2.24) is 34.6 Å². The summed E-state index contributed by atoms with van der Waals surface area (Å²) in [5.74, 6) is -0.0439. The Bertz CT molecular complexity index is 1440. The van der Waals surface area contributed by atoms with Crippen LogP contribution in [0.3, 0.4) is 0 Å². The van der Waals surface area contributed by atoms with Gasteiger partial charge in [-0.3, -0.25) is 4.79 Å². The third-order valence-electron chi connectivity index (χ3n) is 5.53. The zero-order valence-electron chi connectivity index (χ0n) is 16.6. The van der Waals surface area contributed by atoms with Crippen LogP contribution in [0.4, 0.5) is 4.39 Å². The lowest BCUT2D eigenvalue weighted by Gasteiger charge is -2.33. The predicted octanol–water partition coefficient (Wildman–Crippen LogP) is 3.53. The molecule has 0 fully saturated rings. The van der Waals surface area contributed by atoms with Gasteiger partial charge in [0.2, 0.25) is 0 Å². The molecule has 1 aliphatic rings. The maximum Gasteiger partial charge on any atom is 0.273 e. The Labute approximate surface area is 185 Å². The average Bonchev–Trinajstić information content (AvgIpc) is 3.58. The number of hydrogen-bond acceptors (Lipinski definition) is 6. The van der Waals surface area contributed by atoms with Crippen LogP contribution >= 0.6 is 11.3 Å². The summed E-state index contributed by atoms with van der Waals surface area (Å²) in [5, 5.41) is 4.92. The molecule has 0 saturated carbocycles. The number of aromatic nitrogens is 6. The molecule has 8 nitrogen and oxygen atoms in total. The summed E-state index contributed by atoms with van der Waals surface area (Å²) in [6, 6.07) is 11.5. The monoisotopic (exact) mass is 445 g/mol. The second-order valence-corrected chi connectivity index (χ2v) is 8.43. The molecule has 0 aliphatic carbocycles. The highest BCUT2D eigenvalue weighted by atomic mass is 32.1. The number of nitrogens with zero attached hydrogens (tertiary/aromatic N) is 6. The summed E-state index contributed by atoms with van der Waals surface area (Å²) in [7, 11) is 0. The first-order valence-corrected chi connectivity index (χ1v) is 10.9. The fraction of sp³-hybridized carbons (Fsp3) is 0.136. The number of thiazole rings is 1. The number of amides is 1. The SMILES string of the molecule is O=C(c1ccnn1-c1ccccn1)N1CCc2[nH]cnc2[C@H]1c1nc2c(F)cccc2s1. The van der Waals surface area contributed by atoms with E-state index in [0.29, 0.717) is 35.0 Å². The van der Waals surface area contributed by atoms with Crippen LogP contribution in [0.25, 0.3) is 16.0 Å². The van der Waals surface area contributed by atoms with Gasteiger partial charge in [-0.1, -0.05) is 12.1 Å². The molecule has 1 amide bonds. The molecule has 0 saturated heterocycles. The number of nitrogens with one attached hydrogen (secondary N) is 1. The van der Waals surface area contributed by atoms with Crippen LogP contribution in [0.15, 0.2) is 61.2 Å².